The van der Waals surface area contributed by atoms with Crippen molar-refractivity contribution in [2.45, 2.75) is 58.6 Å². The molecule has 0 saturated carbocycles. The van der Waals surface area contributed by atoms with Gasteiger partial charge in [-0.15, -0.1) is 0 Å². The van der Waals surface area contributed by atoms with E-state index in [1.807, 2.05) is 40.7 Å². The number of ketones is 1. The van der Waals surface area contributed by atoms with Crippen LogP contribution < -0.4 is 4.74 Å². The van der Waals surface area contributed by atoms with Crippen LogP contribution >= 0.6 is 0 Å². The van der Waals surface area contributed by atoms with Crippen LogP contribution in [0, 0.1) is 0 Å². The van der Waals surface area contributed by atoms with Gasteiger partial charge in [0.2, 0.25) is 0 Å². The van der Waals surface area contributed by atoms with Gasteiger partial charge in [0.05, 0.1) is 24.5 Å². The number of carbonyl (C=O) groups excluding carboxylic acids is 2. The van der Waals surface area contributed by atoms with Crippen molar-refractivity contribution in [3.05, 3.63) is 65.0 Å². The molecule has 34 heavy (non-hydrogen) atoms. The summed E-state index contributed by atoms with van der Waals surface area (Å²) < 4.78 is 11.1. The van der Waals surface area contributed by atoms with E-state index < -0.39 is 17.7 Å². The number of Topliss-reactive ketones (excluding diaryl/α,β-unsaturated/α-hetero) is 1. The SMILES string of the molecule is COc1ccc(/C(O)=C2/C(=O)C(=O)N(CCCOC(C)C)C2c2ccccn2)cc1C(C)(C)C. The minimum Gasteiger partial charge on any atom is -0.507 e. The molecule has 1 aromatic heterocycles. The van der Waals surface area contributed by atoms with Gasteiger partial charge in [-0.3, -0.25) is 14.6 Å². The highest BCUT2D eigenvalue weighted by atomic mass is 16.5. The number of methoxy groups -OCH3 is 1. The molecule has 1 aromatic carbocycles. The number of nitrogens with zero attached hydrogens (tertiary/aromatic N) is 2. The minimum absolute atomic E-state index is 0.0403. The number of likely N-dealkylation sites (tertiary alicyclic amines) is 1. The molecule has 182 valence electrons. The molecule has 1 aliphatic heterocycles. The Kier molecular flexibility index (Phi) is 7.77. The first-order valence-electron chi connectivity index (χ1n) is 11.6. The quantitative estimate of drug-likeness (QED) is 0.264. The zero-order valence-corrected chi connectivity index (χ0v) is 20.8. The van der Waals surface area contributed by atoms with E-state index in [4.69, 9.17) is 9.47 Å². The first kappa shape index (κ1) is 25.4. The molecule has 2 heterocycles. The van der Waals surface area contributed by atoms with Crippen LogP contribution in [0.1, 0.15) is 63.9 Å². The second-order valence-corrected chi connectivity index (χ2v) is 9.69. The van der Waals surface area contributed by atoms with Crippen molar-refractivity contribution < 1.29 is 24.2 Å². The summed E-state index contributed by atoms with van der Waals surface area (Å²) in [5.41, 5.74) is 1.64. The van der Waals surface area contributed by atoms with Gasteiger partial charge in [0.25, 0.3) is 11.7 Å². The number of benzene rings is 1. The largest absolute Gasteiger partial charge is 0.507 e. The van der Waals surface area contributed by atoms with E-state index in [1.165, 1.54) is 4.90 Å². The Bertz CT molecular complexity index is 1070. The highest BCUT2D eigenvalue weighted by Crippen LogP contribution is 2.40. The molecule has 2 aromatic rings. The van der Waals surface area contributed by atoms with Gasteiger partial charge in [0.15, 0.2) is 0 Å². The summed E-state index contributed by atoms with van der Waals surface area (Å²) in [6.07, 6.45) is 2.25. The van der Waals surface area contributed by atoms with Crippen LogP contribution in [0.15, 0.2) is 48.2 Å². The average Bonchev–Trinajstić information content (AvgIpc) is 3.05. The first-order valence-corrected chi connectivity index (χ1v) is 11.6. The molecule has 0 spiro atoms. The van der Waals surface area contributed by atoms with Gasteiger partial charge in [-0.25, -0.2) is 0 Å². The summed E-state index contributed by atoms with van der Waals surface area (Å²) in [5.74, 6) is -0.892. The molecule has 1 atom stereocenters. The Morgan fingerprint density at radius 3 is 2.50 bits per heavy atom. The first-order chi connectivity index (χ1) is 16.1. The monoisotopic (exact) mass is 466 g/mol. The Hall–Kier alpha value is -3.19. The van der Waals surface area contributed by atoms with Gasteiger partial charge in [0, 0.05) is 30.5 Å². The second-order valence-electron chi connectivity index (χ2n) is 9.69. The molecule has 0 radical (unpaired) electrons. The predicted molar refractivity (Wildman–Crippen MR) is 131 cm³/mol. The predicted octanol–water partition coefficient (Wildman–Crippen LogP) is 4.62. The number of carbonyl (C=O) groups is 2. The Labute approximate surface area is 201 Å². The molecule has 7 nitrogen and oxygen atoms in total. The average molecular weight is 467 g/mol. The lowest BCUT2D eigenvalue weighted by Gasteiger charge is -2.25. The van der Waals surface area contributed by atoms with Gasteiger partial charge in [-0.05, 0) is 56.0 Å². The number of ether oxygens (including phenoxy) is 2. The number of aromatic nitrogens is 1. The van der Waals surface area contributed by atoms with E-state index in [0.717, 1.165) is 5.56 Å². The highest BCUT2D eigenvalue weighted by Gasteiger charge is 2.46. The number of hydrogen-bond acceptors (Lipinski definition) is 6. The van der Waals surface area contributed by atoms with Crippen LogP contribution in [0.25, 0.3) is 5.76 Å². The highest BCUT2D eigenvalue weighted by molar-refractivity contribution is 6.46. The molecule has 1 unspecified atom stereocenters. The van der Waals surface area contributed by atoms with Gasteiger partial charge in [-0.1, -0.05) is 26.8 Å². The summed E-state index contributed by atoms with van der Waals surface area (Å²) in [4.78, 5) is 32.1. The maximum atomic E-state index is 13.2. The standard InChI is InChI=1S/C27H34N2O5/c1-17(2)34-15-9-14-29-23(20-10-7-8-13-28-20)22(25(31)26(29)32)24(30)18-11-12-21(33-6)19(16-18)27(3,4)5/h7-8,10-13,16-17,23,30H,9,14-15H2,1-6H3/b24-22-. The molecule has 1 amide bonds. The van der Waals surface area contributed by atoms with E-state index in [0.29, 0.717) is 36.6 Å². The molecule has 3 rings (SSSR count). The van der Waals surface area contributed by atoms with Crippen LogP contribution in [-0.2, 0) is 19.7 Å². The van der Waals surface area contributed by atoms with Gasteiger partial charge in [0.1, 0.15) is 17.6 Å². The zero-order chi connectivity index (χ0) is 25.0. The van der Waals surface area contributed by atoms with E-state index in [2.05, 4.69) is 4.98 Å². The number of rotatable bonds is 8. The van der Waals surface area contributed by atoms with E-state index in [1.54, 1.807) is 43.6 Å². The maximum Gasteiger partial charge on any atom is 0.295 e. The van der Waals surface area contributed by atoms with Crippen molar-refractivity contribution in [2.24, 2.45) is 0 Å². The van der Waals surface area contributed by atoms with E-state index in [-0.39, 0.29) is 22.9 Å². The zero-order valence-electron chi connectivity index (χ0n) is 20.8. The number of pyridine rings is 1. The van der Waals surface area contributed by atoms with Crippen molar-refractivity contribution in [1.29, 1.82) is 0 Å². The molecule has 0 aliphatic carbocycles. The fraction of sp³-hybridized carbons (Fsp3) is 0.444. The maximum absolute atomic E-state index is 13.2. The smallest absolute Gasteiger partial charge is 0.295 e. The van der Waals surface area contributed by atoms with Gasteiger partial charge >= 0.3 is 0 Å². The molecule has 1 aliphatic rings. The van der Waals surface area contributed by atoms with Crippen LogP contribution in [0.5, 0.6) is 5.75 Å². The molecular formula is C27H34N2O5. The van der Waals surface area contributed by atoms with Gasteiger partial charge < -0.3 is 19.5 Å². The van der Waals surface area contributed by atoms with Crippen LogP contribution in [0.4, 0.5) is 0 Å². The fourth-order valence-corrected chi connectivity index (χ4v) is 4.11. The van der Waals surface area contributed by atoms with E-state index >= 15 is 0 Å². The summed E-state index contributed by atoms with van der Waals surface area (Å²) in [6, 6.07) is 9.83. The van der Waals surface area contributed by atoms with Crippen LogP contribution in [0.3, 0.4) is 0 Å². The van der Waals surface area contributed by atoms with Crippen molar-refractivity contribution in [3.8, 4) is 5.75 Å². The molecule has 1 saturated heterocycles. The fourth-order valence-electron chi connectivity index (χ4n) is 4.11. The summed E-state index contributed by atoms with van der Waals surface area (Å²) in [7, 11) is 1.60. The molecule has 1 N–H and O–H groups in total. The normalized spacial score (nSPS) is 18.1. The number of aliphatic hydroxyl groups excluding tert-OH is 1. The van der Waals surface area contributed by atoms with Crippen LogP contribution in [0.2, 0.25) is 0 Å². The van der Waals surface area contributed by atoms with Gasteiger partial charge in [-0.2, -0.15) is 0 Å². The summed E-state index contributed by atoms with van der Waals surface area (Å²) in [6.45, 7) is 10.8. The number of aliphatic hydroxyl groups is 1. The third kappa shape index (κ3) is 5.30. The van der Waals surface area contributed by atoms with Crippen LogP contribution in [-0.4, -0.2) is 53.0 Å². The second kappa shape index (κ2) is 10.4. The molecule has 1 fully saturated rings. The molecule has 0 bridgehead atoms. The lowest BCUT2D eigenvalue weighted by molar-refractivity contribution is -0.140. The molecular weight excluding hydrogens is 432 g/mol. The van der Waals surface area contributed by atoms with Crippen molar-refractivity contribution >= 4 is 17.4 Å². The number of hydrogen-bond donors (Lipinski definition) is 1. The lowest BCUT2D eigenvalue weighted by Crippen LogP contribution is -2.31. The number of amides is 1. The van der Waals surface area contributed by atoms with Crippen molar-refractivity contribution in [2.75, 3.05) is 20.3 Å². The van der Waals surface area contributed by atoms with Crippen molar-refractivity contribution in [1.82, 2.24) is 9.88 Å². The Morgan fingerprint density at radius 1 is 1.18 bits per heavy atom. The minimum atomic E-state index is -0.777. The van der Waals surface area contributed by atoms with E-state index in [9.17, 15) is 14.7 Å². The topological polar surface area (TPSA) is 89.0 Å². The lowest BCUT2D eigenvalue weighted by atomic mass is 9.84. The third-order valence-corrected chi connectivity index (χ3v) is 5.78. The summed E-state index contributed by atoms with van der Waals surface area (Å²) >= 11 is 0. The molecule has 7 heteroatoms. The Morgan fingerprint density at radius 2 is 1.91 bits per heavy atom. The Balaban J connectivity index is 2.09. The third-order valence-electron chi connectivity index (χ3n) is 5.78. The summed E-state index contributed by atoms with van der Waals surface area (Å²) in [5, 5.41) is 11.3. The van der Waals surface area contributed by atoms with Crippen molar-refractivity contribution in [3.63, 3.8) is 0 Å².